The Labute approximate surface area is 244 Å². The summed E-state index contributed by atoms with van der Waals surface area (Å²) < 4.78 is 10.6. The highest BCUT2D eigenvalue weighted by Crippen LogP contribution is 2.49. The second kappa shape index (κ2) is 12.9. The standard InChI is InChI=1S/C27H22Cl2N2O4S2.ClH/c1-3-34-26(32)22-20(14-9-5-7-11-16(14)28)18(36-24(22)30)13-19-21(15-10-6-8-12-17(15)29)23(25(31)37-19)27(33)35-4-2;/h5-13,30H,3-4,31H2,1-2H3;1H. The molecule has 0 unspecified atom stereocenters. The Morgan fingerprint density at radius 3 is 2.08 bits per heavy atom. The lowest BCUT2D eigenvalue weighted by Gasteiger charge is -2.11. The molecule has 4 N–H and O–H groups in total. The van der Waals surface area contributed by atoms with E-state index in [-0.39, 0.29) is 46.8 Å². The lowest BCUT2D eigenvalue weighted by atomic mass is 9.97. The molecule has 0 amide bonds. The monoisotopic (exact) mass is 608 g/mol. The second-order valence-corrected chi connectivity index (χ2v) is 10.7. The zero-order chi connectivity index (χ0) is 26.7. The number of rotatable bonds is 7. The van der Waals surface area contributed by atoms with Crippen LogP contribution < -0.4 is 23.5 Å². The molecule has 2 heterocycles. The predicted octanol–water partition coefficient (Wildman–Crippen LogP) is 2.75. The fraction of sp³-hybridized carbons (Fsp3) is 0.148. The molecule has 0 spiro atoms. The van der Waals surface area contributed by atoms with Gasteiger partial charge in [0.15, 0.2) is 0 Å². The molecular formula is C27H23Cl3N2O4S2. The molecule has 1 aliphatic heterocycles. The average Bonchev–Trinajstić information content (AvgIpc) is 3.35. The Hall–Kier alpha value is -2.75. The molecule has 0 aliphatic carbocycles. The number of esters is 2. The van der Waals surface area contributed by atoms with E-state index < -0.39 is 11.9 Å². The number of ether oxygens (including phenoxy) is 2. The van der Waals surface area contributed by atoms with Gasteiger partial charge in [-0.05, 0) is 43.8 Å². The number of hydrogen-bond acceptors (Lipinski definition) is 7. The first-order valence-electron chi connectivity index (χ1n) is 11.3. The third kappa shape index (κ3) is 5.80. The molecule has 3 aromatic rings. The van der Waals surface area contributed by atoms with E-state index in [2.05, 4.69) is 0 Å². The molecule has 0 atom stereocenters. The number of benzene rings is 2. The molecule has 6 nitrogen and oxygen atoms in total. The van der Waals surface area contributed by atoms with Gasteiger partial charge >= 0.3 is 11.9 Å². The van der Waals surface area contributed by atoms with E-state index in [0.717, 1.165) is 0 Å². The van der Waals surface area contributed by atoms with Crippen molar-refractivity contribution in [3.8, 4) is 11.1 Å². The minimum absolute atomic E-state index is 0. The minimum Gasteiger partial charge on any atom is -1.00 e. The summed E-state index contributed by atoms with van der Waals surface area (Å²) >= 11 is 15.5. The van der Waals surface area contributed by atoms with Crippen LogP contribution in [0.5, 0.6) is 0 Å². The zero-order valence-electron chi connectivity index (χ0n) is 20.3. The summed E-state index contributed by atoms with van der Waals surface area (Å²) in [6, 6.07) is 14.3. The minimum atomic E-state index is -0.546. The van der Waals surface area contributed by atoms with Crippen LogP contribution in [0.4, 0.5) is 5.00 Å². The van der Waals surface area contributed by atoms with E-state index in [9.17, 15) is 9.59 Å². The third-order valence-electron chi connectivity index (χ3n) is 5.43. The van der Waals surface area contributed by atoms with Crippen LogP contribution >= 0.6 is 46.3 Å². The van der Waals surface area contributed by atoms with E-state index in [1.54, 1.807) is 38.1 Å². The van der Waals surface area contributed by atoms with Crippen molar-refractivity contribution in [2.24, 2.45) is 0 Å². The summed E-state index contributed by atoms with van der Waals surface area (Å²) in [6.07, 6.45) is 1.84. The first kappa shape index (κ1) is 29.8. The summed E-state index contributed by atoms with van der Waals surface area (Å²) in [4.78, 5) is 27.2. The largest absolute Gasteiger partial charge is 1.00 e. The lowest BCUT2D eigenvalue weighted by Crippen LogP contribution is -3.00. The van der Waals surface area contributed by atoms with E-state index in [1.807, 2.05) is 30.3 Å². The van der Waals surface area contributed by atoms with Gasteiger partial charge < -0.3 is 27.6 Å². The SMILES string of the molecule is CCOC(=O)C1=C(c2ccccc2Cl)C(=Cc2sc(N)c(C(=O)OCC)c2-c2ccccc2Cl)SC1=[NH2+].[Cl-]. The quantitative estimate of drug-likeness (QED) is 0.400. The summed E-state index contributed by atoms with van der Waals surface area (Å²) in [5.74, 6) is -1.09. The number of allylic oxidation sites excluding steroid dienone is 1. The Morgan fingerprint density at radius 2 is 1.50 bits per heavy atom. The van der Waals surface area contributed by atoms with Crippen molar-refractivity contribution in [2.45, 2.75) is 13.8 Å². The third-order valence-corrected chi connectivity index (χ3v) is 8.02. The normalized spacial score (nSPS) is 14.0. The molecule has 11 heteroatoms. The van der Waals surface area contributed by atoms with E-state index >= 15 is 0 Å². The summed E-state index contributed by atoms with van der Waals surface area (Å²) in [5.41, 5.74) is 9.16. The van der Waals surface area contributed by atoms with Crippen LogP contribution in [0.15, 0.2) is 59.0 Å². The van der Waals surface area contributed by atoms with Gasteiger partial charge in [0.05, 0.1) is 13.2 Å². The Morgan fingerprint density at radius 1 is 0.947 bits per heavy atom. The smallest absolute Gasteiger partial charge is 0.346 e. The van der Waals surface area contributed by atoms with E-state index in [4.69, 9.17) is 43.8 Å². The number of nitrogen functional groups attached to an aromatic ring is 1. The van der Waals surface area contributed by atoms with Crippen LogP contribution in [0, 0.1) is 0 Å². The van der Waals surface area contributed by atoms with E-state index in [1.165, 1.54) is 23.1 Å². The van der Waals surface area contributed by atoms with E-state index in [0.29, 0.717) is 42.1 Å². The highest BCUT2D eigenvalue weighted by molar-refractivity contribution is 8.18. The topological polar surface area (TPSA) is 104 Å². The highest BCUT2D eigenvalue weighted by Gasteiger charge is 2.38. The molecule has 0 saturated carbocycles. The molecule has 0 bridgehead atoms. The van der Waals surface area contributed by atoms with Crippen molar-refractivity contribution in [2.75, 3.05) is 18.9 Å². The van der Waals surface area contributed by atoms with Gasteiger partial charge in [-0.1, -0.05) is 59.6 Å². The first-order chi connectivity index (χ1) is 17.8. The number of halogens is 3. The van der Waals surface area contributed by atoms with Gasteiger partial charge in [0.1, 0.15) is 16.1 Å². The van der Waals surface area contributed by atoms with Crippen LogP contribution in [0.25, 0.3) is 22.8 Å². The Balaban J connectivity index is 0.00000400. The van der Waals surface area contributed by atoms with Crippen molar-refractivity contribution in [1.29, 1.82) is 0 Å². The van der Waals surface area contributed by atoms with Crippen molar-refractivity contribution in [3.63, 3.8) is 0 Å². The number of nitrogens with two attached hydrogens (primary N) is 2. The molecule has 198 valence electrons. The van der Waals surface area contributed by atoms with Crippen molar-refractivity contribution >= 4 is 79.9 Å². The molecule has 0 radical (unpaired) electrons. The summed E-state index contributed by atoms with van der Waals surface area (Å²) in [6.45, 7) is 3.83. The number of thioether (sulfide) groups is 1. The number of thiophene rings is 1. The fourth-order valence-corrected chi connectivity index (χ4v) is 6.50. The Kier molecular flexibility index (Phi) is 10.1. The lowest BCUT2D eigenvalue weighted by molar-refractivity contribution is -0.139. The van der Waals surface area contributed by atoms with Gasteiger partial charge in [-0.2, -0.15) is 0 Å². The van der Waals surface area contributed by atoms with Crippen LogP contribution in [0.3, 0.4) is 0 Å². The Bertz CT molecular complexity index is 1480. The molecule has 1 aliphatic rings. The van der Waals surface area contributed by atoms with Crippen LogP contribution in [-0.4, -0.2) is 30.2 Å². The van der Waals surface area contributed by atoms with Gasteiger partial charge in [-0.3, -0.25) is 0 Å². The van der Waals surface area contributed by atoms with Gasteiger partial charge in [0.25, 0.3) is 5.04 Å². The van der Waals surface area contributed by atoms with Crippen molar-refractivity contribution in [1.82, 2.24) is 0 Å². The van der Waals surface area contributed by atoms with Gasteiger partial charge in [0, 0.05) is 42.1 Å². The van der Waals surface area contributed by atoms with Gasteiger partial charge in [-0.15, -0.1) is 11.3 Å². The molecule has 38 heavy (non-hydrogen) atoms. The maximum absolute atomic E-state index is 12.9. The summed E-state index contributed by atoms with van der Waals surface area (Å²) in [5, 5.41) is 7.82. The van der Waals surface area contributed by atoms with Gasteiger partial charge in [0.2, 0.25) is 0 Å². The summed E-state index contributed by atoms with van der Waals surface area (Å²) in [7, 11) is 0. The van der Waals surface area contributed by atoms with Gasteiger partial charge in [-0.25, -0.2) is 15.0 Å². The molecule has 2 aromatic carbocycles. The number of carbonyl (C=O) groups is 2. The molecular weight excluding hydrogens is 587 g/mol. The maximum Gasteiger partial charge on any atom is 0.346 e. The second-order valence-electron chi connectivity index (χ2n) is 7.71. The van der Waals surface area contributed by atoms with Crippen molar-refractivity contribution in [3.05, 3.63) is 85.1 Å². The molecule has 4 rings (SSSR count). The fourth-order valence-electron chi connectivity index (χ4n) is 3.93. The van der Waals surface area contributed by atoms with Crippen LogP contribution in [0.1, 0.15) is 34.6 Å². The number of carbonyl (C=O) groups excluding carboxylic acids is 2. The van der Waals surface area contributed by atoms with Crippen molar-refractivity contribution < 1.29 is 36.9 Å². The zero-order valence-corrected chi connectivity index (χ0v) is 24.2. The van der Waals surface area contributed by atoms with Crippen LogP contribution in [0.2, 0.25) is 10.0 Å². The maximum atomic E-state index is 12.9. The highest BCUT2D eigenvalue weighted by atomic mass is 35.5. The molecule has 0 saturated heterocycles. The predicted molar refractivity (Wildman–Crippen MR) is 153 cm³/mol. The molecule has 1 aromatic heterocycles. The van der Waals surface area contributed by atoms with Crippen LogP contribution in [-0.2, 0) is 14.3 Å². The first-order valence-corrected chi connectivity index (χ1v) is 13.7. The number of hydrogen-bond donors (Lipinski definition) is 2. The molecule has 0 fully saturated rings. The number of anilines is 1. The average molecular weight is 610 g/mol.